The van der Waals surface area contributed by atoms with Crippen LogP contribution in [0.4, 0.5) is 0 Å². The van der Waals surface area contributed by atoms with Crippen molar-refractivity contribution in [3.8, 4) is 0 Å². The average Bonchev–Trinajstić information content (AvgIpc) is 1.44. The van der Waals surface area contributed by atoms with Gasteiger partial charge in [0.1, 0.15) is 0 Å². The second-order valence-electron chi connectivity index (χ2n) is 20.5. The van der Waals surface area contributed by atoms with E-state index in [1.807, 2.05) is 109 Å². The zero-order chi connectivity index (χ0) is 61.3. The predicted octanol–water partition coefficient (Wildman–Crippen LogP) is 14.3. The van der Waals surface area contributed by atoms with E-state index in [-0.39, 0.29) is 126 Å². The van der Waals surface area contributed by atoms with E-state index in [2.05, 4.69) is 0 Å². The van der Waals surface area contributed by atoms with E-state index in [1.54, 1.807) is 79.7 Å². The third kappa shape index (κ3) is 9.55. The number of hydrogen-bond acceptors (Lipinski definition) is 19. The van der Waals surface area contributed by atoms with Crippen molar-refractivity contribution in [1.82, 2.24) is 4.67 Å². The van der Waals surface area contributed by atoms with Crippen LogP contribution in [0.1, 0.15) is 99.9 Å². The lowest BCUT2D eigenvalue weighted by atomic mass is 9.98. The van der Waals surface area contributed by atoms with E-state index in [0.29, 0.717) is 33.4 Å². The van der Waals surface area contributed by atoms with Crippen LogP contribution in [-0.4, -0.2) is 98.4 Å². The quantitative estimate of drug-likeness (QED) is 0.0647. The van der Waals surface area contributed by atoms with Gasteiger partial charge in [-0.25, -0.2) is 44.2 Å². The van der Waals surface area contributed by atoms with Crippen LogP contribution in [0.3, 0.4) is 0 Å². The highest BCUT2D eigenvalue weighted by molar-refractivity contribution is 7.64. The summed E-state index contributed by atoms with van der Waals surface area (Å²) in [5, 5.41) is 2.31. The minimum atomic E-state index is -5.10. The smallest absolute Gasteiger partial charge is 0.306 e. The van der Waals surface area contributed by atoms with Crippen LogP contribution < -0.4 is 10.6 Å². The Kier molecular flexibility index (Phi) is 15.9. The van der Waals surface area contributed by atoms with Crippen molar-refractivity contribution < 1.29 is 54.5 Å². The number of hydrogen-bond donors (Lipinski definition) is 0. The Hall–Kier alpha value is -7.11. The number of benzene rings is 8. The fraction of sp³-hybridized carbons (Fsp3) is 0.266. The third-order valence-electron chi connectivity index (χ3n) is 15.4. The van der Waals surface area contributed by atoms with Crippen LogP contribution in [-0.2, 0) is 59.9 Å². The Morgan fingerprint density at radius 2 is 0.682 bits per heavy atom. The molecule has 0 fully saturated rings. The molecule has 24 heteroatoms. The molecule has 0 saturated carbocycles. The molecule has 0 spiro atoms. The molecular weight excluding hydrogens is 1200 g/mol. The first-order valence-electron chi connectivity index (χ1n) is 29.4. The SMILES string of the molecule is CCOP(=O)(OCC)c1c2c(c(P(=O)(OCC)OCC)c3ccccc13)C1(P(=O)(OCC)OCC)N=C3N=C(N=C4N=C(c5cc6ccccc6cc54)N(P(=O)(OCC)OCC)C4=NC(=NC2=N1)c1cc2ccccc2cc14)c1cc2ccccc2cc13. The molecule has 88 heavy (non-hydrogen) atoms. The monoisotopic (exact) mass is 1260 g/mol. The summed E-state index contributed by atoms with van der Waals surface area (Å²) in [4.78, 5) is 38.1. The molecule has 13 rings (SSSR count). The molecule has 0 aromatic heterocycles. The van der Waals surface area contributed by atoms with Crippen molar-refractivity contribution in [2.75, 3.05) is 52.9 Å². The van der Waals surface area contributed by atoms with Gasteiger partial charge in [-0.3, -0.25) is 22.7 Å². The van der Waals surface area contributed by atoms with Crippen LogP contribution in [0.2, 0.25) is 0 Å². The van der Waals surface area contributed by atoms with Crippen molar-refractivity contribution in [3.05, 3.63) is 178 Å². The molecule has 0 radical (unpaired) electrons. The summed E-state index contributed by atoms with van der Waals surface area (Å²) < 4.78 is 119. The molecule has 0 saturated heterocycles. The van der Waals surface area contributed by atoms with Crippen LogP contribution in [0.15, 0.2) is 168 Å². The zero-order valence-electron chi connectivity index (χ0n) is 49.6. The molecule has 0 N–H and O–H groups in total. The van der Waals surface area contributed by atoms with Gasteiger partial charge in [-0.2, -0.15) is 0 Å². The maximum Gasteiger partial charge on any atom is 0.442 e. The van der Waals surface area contributed by atoms with E-state index in [4.69, 9.17) is 71.1 Å². The van der Waals surface area contributed by atoms with Crippen molar-refractivity contribution in [2.45, 2.75) is 60.8 Å². The summed E-state index contributed by atoms with van der Waals surface area (Å²) in [5.41, 5.74) is 2.47. The first-order chi connectivity index (χ1) is 42.7. The van der Waals surface area contributed by atoms with E-state index in [9.17, 15) is 0 Å². The van der Waals surface area contributed by atoms with Gasteiger partial charge >= 0.3 is 30.5 Å². The first kappa shape index (κ1) is 59.8. The van der Waals surface area contributed by atoms with E-state index in [1.165, 1.54) is 4.67 Å². The van der Waals surface area contributed by atoms with Gasteiger partial charge in [0.05, 0.1) is 63.5 Å². The highest BCUT2D eigenvalue weighted by Crippen LogP contribution is 2.71. The molecule has 20 nitrogen and oxygen atoms in total. The first-order valence-corrected chi connectivity index (χ1v) is 35.5. The molecule has 8 aromatic rings. The Bertz CT molecular complexity index is 4670. The second-order valence-corrected chi connectivity index (χ2v) is 28.4. The number of nitrogens with zero attached hydrogens (tertiary/aromatic N) is 8. The Labute approximate surface area is 508 Å². The molecule has 8 aromatic carbocycles. The highest BCUT2D eigenvalue weighted by Gasteiger charge is 2.63. The van der Waals surface area contributed by atoms with Gasteiger partial charge in [0.15, 0.2) is 40.8 Å². The summed E-state index contributed by atoms with van der Waals surface area (Å²) in [5.74, 6) is 0.0842. The van der Waals surface area contributed by atoms with Gasteiger partial charge in [0, 0.05) is 44.5 Å². The summed E-state index contributed by atoms with van der Waals surface area (Å²) >= 11 is 0. The predicted molar refractivity (Wildman–Crippen MR) is 348 cm³/mol. The van der Waals surface area contributed by atoms with Crippen LogP contribution >= 0.6 is 30.5 Å². The molecule has 8 bridgehead atoms. The largest absolute Gasteiger partial charge is 0.442 e. The van der Waals surface area contributed by atoms with Gasteiger partial charge in [-0.1, -0.05) is 97.1 Å². The van der Waals surface area contributed by atoms with Gasteiger partial charge in [-0.05, 0) is 135 Å². The van der Waals surface area contributed by atoms with Gasteiger partial charge in [-0.15, -0.1) is 0 Å². The van der Waals surface area contributed by atoms with Crippen molar-refractivity contribution >= 4 is 125 Å². The van der Waals surface area contributed by atoms with Crippen LogP contribution in [0.5, 0.6) is 0 Å². The minimum absolute atomic E-state index is 0.0338. The summed E-state index contributed by atoms with van der Waals surface area (Å²) in [6, 6.07) is 41.6. The van der Waals surface area contributed by atoms with Crippen molar-refractivity contribution in [3.63, 3.8) is 0 Å². The van der Waals surface area contributed by atoms with Gasteiger partial charge in [0.25, 0.3) is 5.40 Å². The lowest BCUT2D eigenvalue weighted by Crippen LogP contribution is -2.36. The number of amidine groups is 7. The number of fused-ring (bicyclic) bond motifs is 20. The molecule has 5 aliphatic heterocycles. The maximum atomic E-state index is 17.2. The molecule has 0 amide bonds. The van der Waals surface area contributed by atoms with Crippen molar-refractivity contribution in [2.24, 2.45) is 34.9 Å². The molecule has 5 aliphatic rings. The van der Waals surface area contributed by atoms with Gasteiger partial charge in [0.2, 0.25) is 0 Å². The minimum Gasteiger partial charge on any atom is -0.306 e. The fourth-order valence-corrected chi connectivity index (χ4v) is 20.0. The van der Waals surface area contributed by atoms with Gasteiger partial charge < -0.3 is 27.1 Å². The molecule has 5 heterocycles. The Balaban J connectivity index is 1.30. The summed E-state index contributed by atoms with van der Waals surface area (Å²) in [6.45, 7) is 12.4. The van der Waals surface area contributed by atoms with Crippen LogP contribution in [0.25, 0.3) is 43.1 Å². The maximum absolute atomic E-state index is 17.2. The lowest BCUT2D eigenvalue weighted by Gasteiger charge is -2.34. The van der Waals surface area contributed by atoms with E-state index in [0.717, 1.165) is 32.3 Å². The lowest BCUT2D eigenvalue weighted by molar-refractivity contribution is 0.197. The third-order valence-corrected chi connectivity index (χ3v) is 24.2. The Morgan fingerprint density at radius 3 is 1.10 bits per heavy atom. The molecule has 0 aliphatic carbocycles. The second kappa shape index (κ2) is 23.4. The van der Waals surface area contributed by atoms with Crippen LogP contribution in [0, 0.1) is 0 Å². The van der Waals surface area contributed by atoms with Crippen molar-refractivity contribution in [1.29, 1.82) is 0 Å². The number of rotatable bonds is 20. The molecule has 1 unspecified atom stereocenters. The standard InChI is InChI=1S/C64H62N8O12P4/c1-9-77-85(73,78-10-2)55-45-31-23-24-32-46(45)56(86(74,79-11-3)80-12-4)54-53(55)61-67-59-50-36-42-28-20-22-30-44(42)38-52(50)63(69-59)72(88(76,83-15-7)84-16-8)62-51-37-43-29-21-19-27-41(43)35-49(51)58(68-62)65-57-47-33-39-25-17-18-26-40(39)34-48(47)60(66-57)70-64(54,71-61)87(75,81-13-5)82-14-6/h17-38H,9-16H2,1-8H3. The fourth-order valence-electron chi connectivity index (χ4n) is 12.1. The molecule has 450 valence electrons. The molecule has 1 atom stereocenters. The number of aliphatic imine (C=N–C) groups is 7. The highest BCUT2D eigenvalue weighted by atomic mass is 31.2. The molecular formula is C64H62N8O12P4. The van der Waals surface area contributed by atoms with E-state index >= 15 is 18.3 Å². The Morgan fingerprint density at radius 1 is 0.364 bits per heavy atom. The van der Waals surface area contributed by atoms with E-state index < -0.39 is 35.9 Å². The summed E-state index contributed by atoms with van der Waals surface area (Å²) in [7, 11) is -19.1. The normalized spacial score (nSPS) is 17.1. The topological polar surface area (TPSA) is 232 Å². The average molecular weight is 1260 g/mol. The summed E-state index contributed by atoms with van der Waals surface area (Å²) in [6.07, 6.45) is 0. The zero-order valence-corrected chi connectivity index (χ0v) is 53.2.